The lowest BCUT2D eigenvalue weighted by Gasteiger charge is -2.10. The molecule has 0 aromatic carbocycles. The first-order valence-electron chi connectivity index (χ1n) is 4.31. The van der Waals surface area contributed by atoms with Gasteiger partial charge in [-0.25, -0.2) is 14.4 Å². The standard InChI is InChI=1S/C6H10O6.C2H4O3/c1-3(5(9)10)12-6(11)4(8)2-7;3-1-2(4)5/h3-4,7-8H,2H2,1H3,(H,9,10);3H,1H2,(H,4,5). The molecule has 0 amide bonds. The van der Waals surface area contributed by atoms with E-state index >= 15 is 0 Å². The highest BCUT2D eigenvalue weighted by atomic mass is 16.6. The molecule has 9 nitrogen and oxygen atoms in total. The Morgan fingerprint density at radius 3 is 1.82 bits per heavy atom. The molecule has 0 bridgehead atoms. The monoisotopic (exact) mass is 254 g/mol. The van der Waals surface area contributed by atoms with Gasteiger partial charge >= 0.3 is 17.9 Å². The van der Waals surface area contributed by atoms with Gasteiger partial charge in [-0.15, -0.1) is 0 Å². The van der Waals surface area contributed by atoms with E-state index in [-0.39, 0.29) is 0 Å². The molecule has 0 aromatic heterocycles. The summed E-state index contributed by atoms with van der Waals surface area (Å²) in [4.78, 5) is 29.8. The third kappa shape index (κ3) is 10.6. The van der Waals surface area contributed by atoms with Crippen molar-refractivity contribution in [3.05, 3.63) is 0 Å². The lowest BCUT2D eigenvalue weighted by atomic mass is 10.3. The number of aliphatic hydroxyl groups excluding tert-OH is 3. The third-order valence-electron chi connectivity index (χ3n) is 1.22. The SMILES string of the molecule is CC(OC(=O)C(O)CO)C(=O)O.O=C(O)CO. The molecule has 0 aliphatic carbocycles. The van der Waals surface area contributed by atoms with Gasteiger partial charge in [0.15, 0.2) is 12.2 Å². The highest BCUT2D eigenvalue weighted by Crippen LogP contribution is 1.94. The van der Waals surface area contributed by atoms with E-state index < -0.39 is 43.3 Å². The minimum absolute atomic E-state index is 0.778. The second-order valence-electron chi connectivity index (χ2n) is 2.67. The zero-order valence-electron chi connectivity index (χ0n) is 8.94. The van der Waals surface area contributed by atoms with Gasteiger partial charge in [-0.3, -0.25) is 0 Å². The van der Waals surface area contributed by atoms with Crippen LogP contribution in [-0.2, 0) is 19.1 Å². The molecule has 0 fully saturated rings. The number of hydrogen-bond donors (Lipinski definition) is 5. The van der Waals surface area contributed by atoms with E-state index in [1.165, 1.54) is 0 Å². The van der Waals surface area contributed by atoms with Crippen LogP contribution in [0.4, 0.5) is 0 Å². The molecule has 0 aliphatic rings. The highest BCUT2D eigenvalue weighted by Gasteiger charge is 2.21. The number of ether oxygens (including phenoxy) is 1. The van der Waals surface area contributed by atoms with Crippen LogP contribution >= 0.6 is 0 Å². The first-order chi connectivity index (χ1) is 7.76. The summed E-state index contributed by atoms with van der Waals surface area (Å²) in [6, 6.07) is 0. The average Bonchev–Trinajstić information content (AvgIpc) is 2.28. The molecule has 5 N–H and O–H groups in total. The smallest absolute Gasteiger partial charge is 0.344 e. The fourth-order valence-corrected chi connectivity index (χ4v) is 0.378. The van der Waals surface area contributed by atoms with Crippen LogP contribution < -0.4 is 0 Å². The van der Waals surface area contributed by atoms with Crippen LogP contribution in [0.25, 0.3) is 0 Å². The van der Waals surface area contributed by atoms with E-state index in [9.17, 15) is 9.59 Å². The van der Waals surface area contributed by atoms with Crippen LogP contribution in [0.2, 0.25) is 0 Å². The number of carbonyl (C=O) groups is 3. The van der Waals surface area contributed by atoms with Crippen molar-refractivity contribution >= 4 is 17.9 Å². The van der Waals surface area contributed by atoms with Crippen LogP contribution in [0.15, 0.2) is 0 Å². The molecule has 17 heavy (non-hydrogen) atoms. The summed E-state index contributed by atoms with van der Waals surface area (Å²) < 4.78 is 4.22. The zero-order valence-corrected chi connectivity index (χ0v) is 8.94. The van der Waals surface area contributed by atoms with Crippen molar-refractivity contribution in [2.75, 3.05) is 13.2 Å². The van der Waals surface area contributed by atoms with E-state index in [0.29, 0.717) is 0 Å². The van der Waals surface area contributed by atoms with Gasteiger partial charge in [0.25, 0.3) is 0 Å². The van der Waals surface area contributed by atoms with Gasteiger partial charge in [0.05, 0.1) is 6.61 Å². The van der Waals surface area contributed by atoms with E-state index in [4.69, 9.17) is 30.3 Å². The number of rotatable bonds is 5. The Labute approximate surface area is 95.9 Å². The first-order valence-corrected chi connectivity index (χ1v) is 4.31. The normalized spacial score (nSPS) is 12.7. The van der Waals surface area contributed by atoms with E-state index in [2.05, 4.69) is 4.74 Å². The fourth-order valence-electron chi connectivity index (χ4n) is 0.378. The maximum absolute atomic E-state index is 10.6. The van der Waals surface area contributed by atoms with Gasteiger partial charge in [0.2, 0.25) is 0 Å². The minimum atomic E-state index is -1.67. The second kappa shape index (κ2) is 9.51. The quantitative estimate of drug-likeness (QED) is 0.331. The summed E-state index contributed by atoms with van der Waals surface area (Å²) >= 11 is 0. The molecule has 0 heterocycles. The van der Waals surface area contributed by atoms with Gasteiger partial charge in [0.1, 0.15) is 6.61 Å². The van der Waals surface area contributed by atoms with Crippen molar-refractivity contribution < 1.29 is 44.7 Å². The van der Waals surface area contributed by atoms with Gasteiger partial charge in [0, 0.05) is 0 Å². The second-order valence-corrected chi connectivity index (χ2v) is 2.67. The van der Waals surface area contributed by atoms with Crippen molar-refractivity contribution in [1.82, 2.24) is 0 Å². The number of esters is 1. The van der Waals surface area contributed by atoms with Crippen molar-refractivity contribution in [2.45, 2.75) is 19.1 Å². The first kappa shape index (κ1) is 17.7. The maximum Gasteiger partial charge on any atom is 0.344 e. The molecule has 0 aliphatic heterocycles. The molecule has 2 atom stereocenters. The van der Waals surface area contributed by atoms with Gasteiger partial charge in [-0.1, -0.05) is 0 Å². The van der Waals surface area contributed by atoms with E-state index in [0.717, 1.165) is 6.92 Å². The Kier molecular flexibility index (Phi) is 9.89. The minimum Gasteiger partial charge on any atom is -0.480 e. The van der Waals surface area contributed by atoms with Crippen LogP contribution in [0.5, 0.6) is 0 Å². The average molecular weight is 254 g/mol. The number of carbonyl (C=O) groups excluding carboxylic acids is 1. The molecule has 0 spiro atoms. The topological polar surface area (TPSA) is 162 Å². The molecule has 0 saturated heterocycles. The van der Waals surface area contributed by atoms with Gasteiger partial charge in [-0.2, -0.15) is 0 Å². The Morgan fingerprint density at radius 2 is 1.59 bits per heavy atom. The van der Waals surface area contributed by atoms with Crippen molar-refractivity contribution in [3.63, 3.8) is 0 Å². The summed E-state index contributed by atoms with van der Waals surface area (Å²) in [6.45, 7) is -0.421. The summed E-state index contributed by atoms with van der Waals surface area (Å²) in [7, 11) is 0. The number of carboxylic acid groups (broad SMARTS) is 2. The van der Waals surface area contributed by atoms with Crippen LogP contribution in [0, 0.1) is 0 Å². The predicted octanol–water partition coefficient (Wildman–Crippen LogP) is -2.58. The summed E-state index contributed by atoms with van der Waals surface area (Å²) in [5.41, 5.74) is 0. The number of aliphatic hydroxyl groups is 3. The molecular weight excluding hydrogens is 240 g/mol. The Morgan fingerprint density at radius 1 is 1.18 bits per heavy atom. The molecule has 9 heteroatoms. The maximum atomic E-state index is 10.6. The Balaban J connectivity index is 0. The number of hydrogen-bond acceptors (Lipinski definition) is 7. The van der Waals surface area contributed by atoms with Crippen LogP contribution in [0.3, 0.4) is 0 Å². The number of carboxylic acids is 2. The molecular formula is C8H14O9. The fraction of sp³-hybridized carbons (Fsp3) is 0.625. The Bertz CT molecular complexity index is 262. The Hall–Kier alpha value is -1.71. The summed E-state index contributed by atoms with van der Waals surface area (Å²) in [5, 5.41) is 40.2. The third-order valence-corrected chi connectivity index (χ3v) is 1.22. The molecule has 2 unspecified atom stereocenters. The lowest BCUT2D eigenvalue weighted by Crippen LogP contribution is -2.32. The predicted molar refractivity (Wildman–Crippen MR) is 51.0 cm³/mol. The van der Waals surface area contributed by atoms with Crippen molar-refractivity contribution in [3.8, 4) is 0 Å². The summed E-state index contributed by atoms with van der Waals surface area (Å²) in [6.07, 6.45) is -2.99. The lowest BCUT2D eigenvalue weighted by molar-refractivity contribution is -0.170. The van der Waals surface area contributed by atoms with Gasteiger partial charge < -0.3 is 30.3 Å². The molecule has 0 aromatic rings. The van der Waals surface area contributed by atoms with Crippen molar-refractivity contribution in [1.29, 1.82) is 0 Å². The zero-order chi connectivity index (χ0) is 14.0. The largest absolute Gasteiger partial charge is 0.480 e. The van der Waals surface area contributed by atoms with E-state index in [1.54, 1.807) is 0 Å². The summed E-state index contributed by atoms with van der Waals surface area (Å²) in [5.74, 6) is -3.65. The molecule has 0 saturated carbocycles. The van der Waals surface area contributed by atoms with E-state index in [1.807, 2.05) is 0 Å². The molecule has 0 rings (SSSR count). The van der Waals surface area contributed by atoms with Crippen LogP contribution in [0.1, 0.15) is 6.92 Å². The number of aliphatic carboxylic acids is 2. The van der Waals surface area contributed by atoms with Crippen molar-refractivity contribution in [2.24, 2.45) is 0 Å². The van der Waals surface area contributed by atoms with Gasteiger partial charge in [-0.05, 0) is 6.92 Å². The highest BCUT2D eigenvalue weighted by molar-refractivity contribution is 5.79. The van der Waals surface area contributed by atoms with Crippen LogP contribution in [-0.4, -0.2) is 68.9 Å². The molecule has 0 radical (unpaired) electrons. The molecule has 100 valence electrons.